The predicted molar refractivity (Wildman–Crippen MR) is 76.6 cm³/mol. The number of aryl methyl sites for hydroxylation is 1. The van der Waals surface area contributed by atoms with Crippen molar-refractivity contribution >= 4 is 21.6 Å². The fraction of sp³-hybridized carbons (Fsp3) is 0.214. The van der Waals surface area contributed by atoms with Crippen molar-refractivity contribution in [2.24, 2.45) is 0 Å². The van der Waals surface area contributed by atoms with Gasteiger partial charge >= 0.3 is 0 Å². The average molecular weight is 321 g/mol. The van der Waals surface area contributed by atoms with Crippen LogP contribution in [0.1, 0.15) is 11.3 Å². The Labute approximate surface area is 119 Å². The second-order valence-corrected chi connectivity index (χ2v) is 5.16. The summed E-state index contributed by atoms with van der Waals surface area (Å²) in [6, 6.07) is 7.97. The van der Waals surface area contributed by atoms with Crippen LogP contribution < -0.4 is 14.8 Å². The lowest BCUT2D eigenvalue weighted by atomic mass is 10.2. The Hall–Kier alpha value is -1.75. The molecule has 2 aromatic rings. The van der Waals surface area contributed by atoms with Crippen molar-refractivity contribution < 1.29 is 9.47 Å². The first-order chi connectivity index (χ1) is 9.24. The quantitative estimate of drug-likeness (QED) is 0.940. The van der Waals surface area contributed by atoms with Crippen LogP contribution in [0.3, 0.4) is 0 Å². The predicted octanol–water partition coefficient (Wildman–Crippen LogP) is 3.49. The summed E-state index contributed by atoms with van der Waals surface area (Å²) in [5.74, 6) is 1.57. The number of nitrogens with one attached hydrogen (secondary N) is 1. The van der Waals surface area contributed by atoms with E-state index < -0.39 is 0 Å². The molecule has 0 saturated heterocycles. The van der Waals surface area contributed by atoms with E-state index in [-0.39, 0.29) is 6.79 Å². The Morgan fingerprint density at radius 3 is 3.11 bits per heavy atom. The topological polar surface area (TPSA) is 43.4 Å². The van der Waals surface area contributed by atoms with E-state index in [1.807, 2.05) is 31.2 Å². The minimum Gasteiger partial charge on any atom is -0.454 e. The molecule has 2 heterocycles. The van der Waals surface area contributed by atoms with Gasteiger partial charge in [0.15, 0.2) is 11.5 Å². The van der Waals surface area contributed by atoms with Crippen molar-refractivity contribution in [3.05, 3.63) is 46.2 Å². The number of halogens is 1. The number of hydrogen-bond donors (Lipinski definition) is 1. The van der Waals surface area contributed by atoms with Gasteiger partial charge in [-0.1, -0.05) is 0 Å². The van der Waals surface area contributed by atoms with Gasteiger partial charge in [0.1, 0.15) is 0 Å². The van der Waals surface area contributed by atoms with Crippen LogP contribution in [-0.2, 0) is 6.54 Å². The smallest absolute Gasteiger partial charge is 0.231 e. The van der Waals surface area contributed by atoms with E-state index in [0.717, 1.165) is 32.9 Å². The Bertz CT molecular complexity index is 616. The van der Waals surface area contributed by atoms with E-state index in [9.17, 15) is 0 Å². The van der Waals surface area contributed by atoms with Crippen LogP contribution in [-0.4, -0.2) is 11.8 Å². The summed E-state index contributed by atoms with van der Waals surface area (Å²) in [7, 11) is 0. The largest absolute Gasteiger partial charge is 0.454 e. The van der Waals surface area contributed by atoms with Gasteiger partial charge in [-0.25, -0.2) is 0 Å². The standard InChI is InChI=1S/C14H13BrN2O2/c1-9-12(3-2-4-16-9)17-7-10-5-11(15)14-13(6-10)18-8-19-14/h2-6,17H,7-8H2,1H3. The van der Waals surface area contributed by atoms with Gasteiger partial charge in [0.05, 0.1) is 15.9 Å². The molecule has 0 amide bonds. The highest BCUT2D eigenvalue weighted by molar-refractivity contribution is 9.10. The molecule has 0 radical (unpaired) electrons. The van der Waals surface area contributed by atoms with Crippen LogP contribution >= 0.6 is 15.9 Å². The van der Waals surface area contributed by atoms with Crippen molar-refractivity contribution in [3.63, 3.8) is 0 Å². The highest BCUT2D eigenvalue weighted by Crippen LogP contribution is 2.40. The highest BCUT2D eigenvalue weighted by Gasteiger charge is 2.17. The van der Waals surface area contributed by atoms with E-state index in [1.54, 1.807) is 6.20 Å². The van der Waals surface area contributed by atoms with Gasteiger partial charge in [0.25, 0.3) is 0 Å². The molecule has 0 fully saturated rings. The molecule has 4 nitrogen and oxygen atoms in total. The van der Waals surface area contributed by atoms with Gasteiger partial charge in [-0.15, -0.1) is 0 Å². The second-order valence-electron chi connectivity index (χ2n) is 4.30. The van der Waals surface area contributed by atoms with E-state index >= 15 is 0 Å². The molecule has 0 saturated carbocycles. The van der Waals surface area contributed by atoms with E-state index in [2.05, 4.69) is 26.2 Å². The molecule has 1 aliphatic rings. The first-order valence-electron chi connectivity index (χ1n) is 5.97. The lowest BCUT2D eigenvalue weighted by Crippen LogP contribution is -2.02. The van der Waals surface area contributed by atoms with Crippen LogP contribution in [0.25, 0.3) is 0 Å². The number of benzene rings is 1. The van der Waals surface area contributed by atoms with Gasteiger partial charge in [0, 0.05) is 12.7 Å². The zero-order chi connectivity index (χ0) is 13.2. The average Bonchev–Trinajstić information content (AvgIpc) is 2.87. The van der Waals surface area contributed by atoms with E-state index in [1.165, 1.54) is 0 Å². The Kier molecular flexibility index (Phi) is 3.29. The molecular formula is C14H13BrN2O2. The zero-order valence-electron chi connectivity index (χ0n) is 10.4. The summed E-state index contributed by atoms with van der Waals surface area (Å²) >= 11 is 3.49. The maximum absolute atomic E-state index is 5.40. The summed E-state index contributed by atoms with van der Waals surface area (Å²) in [5, 5.41) is 3.37. The summed E-state index contributed by atoms with van der Waals surface area (Å²) in [6.45, 7) is 2.98. The Balaban J connectivity index is 1.78. The van der Waals surface area contributed by atoms with Gasteiger partial charge in [-0.05, 0) is 52.7 Å². The molecule has 1 aliphatic heterocycles. The van der Waals surface area contributed by atoms with Crippen molar-refractivity contribution in [2.75, 3.05) is 12.1 Å². The molecule has 98 valence electrons. The van der Waals surface area contributed by atoms with Crippen LogP contribution in [0.5, 0.6) is 11.5 Å². The summed E-state index contributed by atoms with van der Waals surface area (Å²) < 4.78 is 11.7. The van der Waals surface area contributed by atoms with Crippen LogP contribution in [0.4, 0.5) is 5.69 Å². The molecule has 0 bridgehead atoms. The molecule has 19 heavy (non-hydrogen) atoms. The summed E-state index contributed by atoms with van der Waals surface area (Å²) in [6.07, 6.45) is 1.79. The summed E-state index contributed by atoms with van der Waals surface area (Å²) in [4.78, 5) is 4.25. The van der Waals surface area contributed by atoms with Crippen molar-refractivity contribution in [1.29, 1.82) is 0 Å². The Morgan fingerprint density at radius 2 is 2.26 bits per heavy atom. The molecule has 0 aliphatic carbocycles. The number of aromatic nitrogens is 1. The molecule has 1 aromatic carbocycles. The molecule has 5 heteroatoms. The molecule has 1 aromatic heterocycles. The number of anilines is 1. The molecule has 0 atom stereocenters. The van der Waals surface area contributed by atoms with E-state index in [0.29, 0.717) is 6.54 Å². The van der Waals surface area contributed by atoms with Crippen LogP contribution in [0.2, 0.25) is 0 Å². The van der Waals surface area contributed by atoms with Crippen LogP contribution in [0.15, 0.2) is 34.9 Å². The van der Waals surface area contributed by atoms with Crippen molar-refractivity contribution in [3.8, 4) is 11.5 Å². The second kappa shape index (κ2) is 5.09. The fourth-order valence-corrected chi connectivity index (χ4v) is 2.60. The number of hydrogen-bond acceptors (Lipinski definition) is 4. The number of fused-ring (bicyclic) bond motifs is 1. The minimum absolute atomic E-state index is 0.284. The van der Waals surface area contributed by atoms with E-state index in [4.69, 9.17) is 9.47 Å². The molecular weight excluding hydrogens is 308 g/mol. The third-order valence-electron chi connectivity index (χ3n) is 2.98. The minimum atomic E-state index is 0.284. The Morgan fingerprint density at radius 1 is 1.37 bits per heavy atom. The maximum Gasteiger partial charge on any atom is 0.231 e. The van der Waals surface area contributed by atoms with Gasteiger partial charge < -0.3 is 14.8 Å². The normalized spacial score (nSPS) is 12.5. The van der Waals surface area contributed by atoms with Gasteiger partial charge in [-0.3, -0.25) is 4.98 Å². The number of ether oxygens (including phenoxy) is 2. The molecule has 0 unspecified atom stereocenters. The lowest BCUT2D eigenvalue weighted by Gasteiger charge is -2.10. The van der Waals surface area contributed by atoms with Gasteiger partial charge in [-0.2, -0.15) is 0 Å². The third kappa shape index (κ3) is 2.51. The maximum atomic E-state index is 5.40. The zero-order valence-corrected chi connectivity index (χ0v) is 12.0. The van der Waals surface area contributed by atoms with Crippen LogP contribution in [0, 0.1) is 6.92 Å². The van der Waals surface area contributed by atoms with Crippen molar-refractivity contribution in [2.45, 2.75) is 13.5 Å². The number of pyridine rings is 1. The third-order valence-corrected chi connectivity index (χ3v) is 3.57. The first kappa shape index (κ1) is 12.3. The summed E-state index contributed by atoms with van der Waals surface area (Å²) in [5.41, 5.74) is 3.15. The fourth-order valence-electron chi connectivity index (χ4n) is 1.99. The lowest BCUT2D eigenvalue weighted by molar-refractivity contribution is 0.173. The first-order valence-corrected chi connectivity index (χ1v) is 6.77. The number of nitrogens with zero attached hydrogens (tertiary/aromatic N) is 1. The number of rotatable bonds is 3. The monoisotopic (exact) mass is 320 g/mol. The SMILES string of the molecule is Cc1ncccc1NCc1cc(Br)c2c(c1)OCO2. The molecule has 0 spiro atoms. The highest BCUT2D eigenvalue weighted by atomic mass is 79.9. The molecule has 1 N–H and O–H groups in total. The van der Waals surface area contributed by atoms with Gasteiger partial charge in [0.2, 0.25) is 6.79 Å². The van der Waals surface area contributed by atoms with Crippen molar-refractivity contribution in [1.82, 2.24) is 4.98 Å². The molecule has 3 rings (SSSR count).